The van der Waals surface area contributed by atoms with Gasteiger partial charge in [0.05, 0.1) is 0 Å². The number of ether oxygens (including phenoxy) is 1. The fraction of sp³-hybridized carbons (Fsp3) is 0.0833. The average molecular weight is 254 g/mol. The third-order valence-corrected chi connectivity index (χ3v) is 2.29. The Balaban J connectivity index is 2.40. The van der Waals surface area contributed by atoms with E-state index in [0.717, 1.165) is 0 Å². The predicted octanol–water partition coefficient (Wildman–Crippen LogP) is 3.18. The standard InChI is InChI=1S/C12H9F3N2O/c1-6-3-2-4-9(10(6)15)18-12-8(14)5-7(13)11(16)17-12/h2-5H,1H3,(H2,16,17). The molecule has 2 aromatic rings. The minimum Gasteiger partial charge on any atom is -0.433 e. The zero-order valence-corrected chi connectivity index (χ0v) is 9.38. The van der Waals surface area contributed by atoms with Gasteiger partial charge in [-0.2, -0.15) is 4.98 Å². The largest absolute Gasteiger partial charge is 0.433 e. The molecule has 0 aliphatic rings. The van der Waals surface area contributed by atoms with Crippen LogP contribution in [0.25, 0.3) is 0 Å². The van der Waals surface area contributed by atoms with E-state index in [2.05, 4.69) is 4.98 Å². The third-order valence-electron chi connectivity index (χ3n) is 2.29. The number of nitrogens with zero attached hydrogens (tertiary/aromatic N) is 1. The van der Waals surface area contributed by atoms with Gasteiger partial charge in [0.2, 0.25) is 0 Å². The molecule has 2 N–H and O–H groups in total. The number of hydrogen-bond acceptors (Lipinski definition) is 3. The number of halogens is 3. The first-order chi connectivity index (χ1) is 8.49. The van der Waals surface area contributed by atoms with E-state index in [9.17, 15) is 13.2 Å². The van der Waals surface area contributed by atoms with Crippen LogP contribution in [0.1, 0.15) is 5.56 Å². The molecule has 6 heteroatoms. The summed E-state index contributed by atoms with van der Waals surface area (Å²) in [5.41, 5.74) is 5.52. The van der Waals surface area contributed by atoms with E-state index < -0.39 is 29.1 Å². The maximum Gasteiger partial charge on any atom is 0.258 e. The maximum absolute atomic E-state index is 13.6. The Kier molecular flexibility index (Phi) is 3.10. The second-order valence-electron chi connectivity index (χ2n) is 3.63. The molecule has 0 fully saturated rings. The first-order valence-electron chi connectivity index (χ1n) is 5.03. The molecule has 0 aliphatic heterocycles. The molecule has 0 bridgehead atoms. The van der Waals surface area contributed by atoms with Gasteiger partial charge in [-0.3, -0.25) is 0 Å². The lowest BCUT2D eigenvalue weighted by molar-refractivity contribution is 0.394. The van der Waals surface area contributed by atoms with Crippen molar-refractivity contribution in [3.63, 3.8) is 0 Å². The Hall–Kier alpha value is -2.24. The molecule has 0 radical (unpaired) electrons. The lowest BCUT2D eigenvalue weighted by Gasteiger charge is -2.08. The molecular weight excluding hydrogens is 245 g/mol. The van der Waals surface area contributed by atoms with Gasteiger partial charge >= 0.3 is 0 Å². The van der Waals surface area contributed by atoms with Crippen molar-refractivity contribution in [2.24, 2.45) is 0 Å². The summed E-state index contributed by atoms with van der Waals surface area (Å²) in [6.07, 6.45) is 0. The van der Waals surface area contributed by atoms with E-state index >= 15 is 0 Å². The van der Waals surface area contributed by atoms with Crippen molar-refractivity contribution < 1.29 is 17.9 Å². The normalized spacial score (nSPS) is 10.4. The summed E-state index contributed by atoms with van der Waals surface area (Å²) in [6.45, 7) is 1.53. The van der Waals surface area contributed by atoms with Gasteiger partial charge in [-0.1, -0.05) is 12.1 Å². The minimum absolute atomic E-state index is 0.201. The van der Waals surface area contributed by atoms with Crippen LogP contribution in [0.5, 0.6) is 11.6 Å². The number of anilines is 1. The number of rotatable bonds is 2. The van der Waals surface area contributed by atoms with Crippen molar-refractivity contribution in [1.29, 1.82) is 0 Å². The Morgan fingerprint density at radius 3 is 2.61 bits per heavy atom. The van der Waals surface area contributed by atoms with Gasteiger partial charge in [0.15, 0.2) is 29.0 Å². The molecule has 0 atom stereocenters. The summed E-state index contributed by atoms with van der Waals surface area (Å²) in [7, 11) is 0. The molecule has 1 aromatic carbocycles. The van der Waals surface area contributed by atoms with Crippen molar-refractivity contribution in [3.8, 4) is 11.6 Å². The summed E-state index contributed by atoms with van der Waals surface area (Å²) in [6, 6.07) is 4.91. The smallest absolute Gasteiger partial charge is 0.258 e. The number of nitrogen functional groups attached to an aromatic ring is 1. The van der Waals surface area contributed by atoms with Crippen molar-refractivity contribution in [3.05, 3.63) is 47.3 Å². The molecule has 0 saturated carbocycles. The lowest BCUT2D eigenvalue weighted by Crippen LogP contribution is -2.01. The molecule has 18 heavy (non-hydrogen) atoms. The lowest BCUT2D eigenvalue weighted by atomic mass is 10.2. The Labute approximate surface area is 101 Å². The zero-order chi connectivity index (χ0) is 13.3. The molecule has 0 saturated heterocycles. The molecule has 1 aromatic heterocycles. The van der Waals surface area contributed by atoms with Crippen LogP contribution in [0.15, 0.2) is 24.3 Å². The van der Waals surface area contributed by atoms with Crippen LogP contribution in [-0.4, -0.2) is 4.98 Å². The van der Waals surface area contributed by atoms with Crippen LogP contribution >= 0.6 is 0 Å². The second kappa shape index (κ2) is 4.56. The number of benzene rings is 1. The minimum atomic E-state index is -1.05. The number of aromatic nitrogens is 1. The molecule has 0 aliphatic carbocycles. The molecule has 0 unspecified atom stereocenters. The Morgan fingerprint density at radius 2 is 1.89 bits per heavy atom. The first kappa shape index (κ1) is 12.2. The SMILES string of the molecule is Cc1cccc(Oc2nc(N)c(F)cc2F)c1F. The van der Waals surface area contributed by atoms with Crippen LogP contribution in [0.4, 0.5) is 19.0 Å². The summed E-state index contributed by atoms with van der Waals surface area (Å²) in [5, 5.41) is 0. The summed E-state index contributed by atoms with van der Waals surface area (Å²) in [4.78, 5) is 3.38. The van der Waals surface area contributed by atoms with E-state index in [0.29, 0.717) is 11.6 Å². The molecule has 1 heterocycles. The van der Waals surface area contributed by atoms with Crippen molar-refractivity contribution in [2.75, 3.05) is 5.73 Å². The van der Waals surface area contributed by atoms with E-state index in [1.54, 1.807) is 6.07 Å². The van der Waals surface area contributed by atoms with E-state index in [-0.39, 0.29) is 5.75 Å². The molecule has 0 amide bonds. The topological polar surface area (TPSA) is 48.1 Å². The van der Waals surface area contributed by atoms with Gasteiger partial charge in [0.1, 0.15) is 0 Å². The summed E-state index contributed by atoms with van der Waals surface area (Å²) >= 11 is 0. The van der Waals surface area contributed by atoms with Crippen LogP contribution in [0, 0.1) is 24.4 Å². The fourth-order valence-electron chi connectivity index (χ4n) is 1.34. The highest BCUT2D eigenvalue weighted by Crippen LogP contribution is 2.28. The van der Waals surface area contributed by atoms with Gasteiger partial charge in [0, 0.05) is 6.07 Å². The predicted molar refractivity (Wildman–Crippen MR) is 59.8 cm³/mol. The van der Waals surface area contributed by atoms with Gasteiger partial charge in [0.25, 0.3) is 5.88 Å². The van der Waals surface area contributed by atoms with Crippen LogP contribution in [-0.2, 0) is 0 Å². The number of hydrogen-bond donors (Lipinski definition) is 1. The number of pyridine rings is 1. The van der Waals surface area contributed by atoms with E-state index in [4.69, 9.17) is 10.5 Å². The van der Waals surface area contributed by atoms with E-state index in [1.807, 2.05) is 0 Å². The van der Waals surface area contributed by atoms with E-state index in [1.165, 1.54) is 19.1 Å². The summed E-state index contributed by atoms with van der Waals surface area (Å²) < 4.78 is 44.8. The van der Waals surface area contributed by atoms with Crippen molar-refractivity contribution >= 4 is 5.82 Å². The van der Waals surface area contributed by atoms with Crippen molar-refractivity contribution in [2.45, 2.75) is 6.92 Å². The van der Waals surface area contributed by atoms with Gasteiger partial charge in [-0.15, -0.1) is 0 Å². The third kappa shape index (κ3) is 2.22. The molecule has 0 spiro atoms. The molecular formula is C12H9F3N2O. The maximum atomic E-state index is 13.6. The average Bonchev–Trinajstić information content (AvgIpc) is 2.32. The summed E-state index contributed by atoms with van der Waals surface area (Å²) in [5.74, 6) is -3.97. The second-order valence-corrected chi connectivity index (χ2v) is 3.63. The zero-order valence-electron chi connectivity index (χ0n) is 9.38. The fourth-order valence-corrected chi connectivity index (χ4v) is 1.34. The Morgan fingerprint density at radius 1 is 1.17 bits per heavy atom. The number of nitrogens with two attached hydrogens (primary N) is 1. The highest BCUT2D eigenvalue weighted by molar-refractivity contribution is 5.38. The van der Waals surface area contributed by atoms with Gasteiger partial charge in [-0.05, 0) is 18.6 Å². The monoisotopic (exact) mass is 254 g/mol. The van der Waals surface area contributed by atoms with Crippen LogP contribution < -0.4 is 10.5 Å². The highest BCUT2D eigenvalue weighted by Gasteiger charge is 2.14. The Bertz CT molecular complexity index is 602. The molecule has 94 valence electrons. The van der Waals surface area contributed by atoms with Crippen molar-refractivity contribution in [1.82, 2.24) is 4.98 Å². The number of aryl methyl sites for hydroxylation is 1. The highest BCUT2D eigenvalue weighted by atomic mass is 19.1. The van der Waals surface area contributed by atoms with Gasteiger partial charge < -0.3 is 10.5 Å². The molecule has 2 rings (SSSR count). The van der Waals surface area contributed by atoms with Gasteiger partial charge in [-0.25, -0.2) is 13.2 Å². The van der Waals surface area contributed by atoms with Crippen LogP contribution in [0.2, 0.25) is 0 Å². The molecule has 3 nitrogen and oxygen atoms in total. The quantitative estimate of drug-likeness (QED) is 0.895. The first-order valence-corrected chi connectivity index (χ1v) is 5.03. The van der Waals surface area contributed by atoms with Crippen LogP contribution in [0.3, 0.4) is 0 Å².